The Morgan fingerprint density at radius 1 is 1.10 bits per heavy atom. The number of carbonyl (C=O) groups excluding carboxylic acids is 2. The molecule has 1 aliphatic rings. The first kappa shape index (κ1) is 20.5. The zero-order chi connectivity index (χ0) is 21.0. The molecule has 7 nitrogen and oxygen atoms in total. The van der Waals surface area contributed by atoms with Crippen molar-refractivity contribution in [3.05, 3.63) is 69.3 Å². The Hall–Kier alpha value is -3.22. The van der Waals surface area contributed by atoms with E-state index in [1.165, 1.54) is 6.07 Å². The van der Waals surface area contributed by atoms with Gasteiger partial charge in [0.1, 0.15) is 5.69 Å². The smallest absolute Gasteiger partial charge is 0.317 e. The zero-order valence-electron chi connectivity index (χ0n) is 16.6. The maximum Gasteiger partial charge on any atom is 0.317 e. The summed E-state index contributed by atoms with van der Waals surface area (Å²) in [5, 5.41) is 13.8. The van der Waals surface area contributed by atoms with Crippen molar-refractivity contribution in [2.75, 3.05) is 11.9 Å². The maximum absolute atomic E-state index is 12.9. The molecular formula is C22H24N2O5. The number of carbonyl (C=O) groups is 2. The minimum atomic E-state index is -0.729. The van der Waals surface area contributed by atoms with Gasteiger partial charge in [-0.25, -0.2) is 0 Å². The van der Waals surface area contributed by atoms with Crippen LogP contribution in [0.3, 0.4) is 0 Å². The fraction of sp³-hybridized carbons (Fsp3) is 0.364. The highest BCUT2D eigenvalue weighted by Gasteiger charge is 2.44. The molecule has 0 heterocycles. The van der Waals surface area contributed by atoms with E-state index in [0.29, 0.717) is 18.4 Å². The minimum Gasteiger partial charge on any atom is -0.455 e. The predicted molar refractivity (Wildman–Crippen MR) is 109 cm³/mol. The van der Waals surface area contributed by atoms with Gasteiger partial charge < -0.3 is 10.1 Å². The monoisotopic (exact) mass is 396 g/mol. The highest BCUT2D eigenvalue weighted by Crippen LogP contribution is 2.42. The number of amides is 1. The molecule has 0 aliphatic heterocycles. The van der Waals surface area contributed by atoms with E-state index in [9.17, 15) is 19.7 Å². The van der Waals surface area contributed by atoms with Crippen molar-refractivity contribution in [3.8, 4) is 0 Å². The van der Waals surface area contributed by atoms with Gasteiger partial charge in [-0.2, -0.15) is 0 Å². The third kappa shape index (κ3) is 4.13. The molecule has 0 saturated heterocycles. The lowest BCUT2D eigenvalue weighted by molar-refractivity contribution is -0.384. The molecular weight excluding hydrogens is 372 g/mol. The van der Waals surface area contributed by atoms with Crippen molar-refractivity contribution >= 4 is 23.3 Å². The van der Waals surface area contributed by atoms with E-state index in [4.69, 9.17) is 4.74 Å². The average molecular weight is 396 g/mol. The second kappa shape index (κ2) is 8.43. The molecule has 1 N–H and O–H groups in total. The summed E-state index contributed by atoms with van der Waals surface area (Å²) < 4.78 is 5.37. The molecule has 1 fully saturated rings. The highest BCUT2D eigenvalue weighted by molar-refractivity contribution is 5.96. The van der Waals surface area contributed by atoms with Crippen molar-refractivity contribution in [2.45, 2.75) is 44.9 Å². The Morgan fingerprint density at radius 2 is 1.76 bits per heavy atom. The summed E-state index contributed by atoms with van der Waals surface area (Å²) in [5.41, 5.74) is 1.53. The standard InChI is InChI=1S/C22H24N2O5/c1-15-10-11-18(24(27)28)20(16(15)2)23-19(25)14-29-21(26)22(12-6-7-13-22)17-8-4-3-5-9-17/h3-5,8-11H,6-7,12-14H2,1-2H3,(H,23,25). The lowest BCUT2D eigenvalue weighted by atomic mass is 9.79. The molecule has 0 radical (unpaired) electrons. The van der Waals surface area contributed by atoms with Gasteiger partial charge >= 0.3 is 5.97 Å². The van der Waals surface area contributed by atoms with Gasteiger partial charge in [-0.15, -0.1) is 0 Å². The van der Waals surface area contributed by atoms with Crippen LogP contribution in [0.25, 0.3) is 0 Å². The quantitative estimate of drug-likeness (QED) is 0.448. The summed E-state index contributed by atoms with van der Waals surface area (Å²) in [6.07, 6.45) is 3.20. The zero-order valence-corrected chi connectivity index (χ0v) is 16.6. The van der Waals surface area contributed by atoms with Crippen LogP contribution < -0.4 is 5.32 Å². The lowest BCUT2D eigenvalue weighted by Crippen LogP contribution is -2.36. The van der Waals surface area contributed by atoms with Crippen LogP contribution >= 0.6 is 0 Å². The predicted octanol–water partition coefficient (Wildman–Crippen LogP) is 4.21. The van der Waals surface area contributed by atoms with Crippen LogP contribution in [-0.2, 0) is 19.7 Å². The lowest BCUT2D eigenvalue weighted by Gasteiger charge is -2.27. The van der Waals surface area contributed by atoms with Crippen molar-refractivity contribution in [3.63, 3.8) is 0 Å². The summed E-state index contributed by atoms with van der Waals surface area (Å²) in [7, 11) is 0. The second-order valence-corrected chi connectivity index (χ2v) is 7.44. The number of hydrogen-bond acceptors (Lipinski definition) is 5. The number of nitrogens with one attached hydrogen (secondary N) is 1. The number of anilines is 1. The number of esters is 1. The molecule has 29 heavy (non-hydrogen) atoms. The van der Waals surface area contributed by atoms with Crippen LogP contribution in [0, 0.1) is 24.0 Å². The van der Waals surface area contributed by atoms with Crippen LogP contribution in [0.4, 0.5) is 11.4 Å². The van der Waals surface area contributed by atoms with Crippen molar-refractivity contribution in [1.29, 1.82) is 0 Å². The van der Waals surface area contributed by atoms with Gasteiger partial charge in [-0.1, -0.05) is 49.2 Å². The molecule has 2 aromatic rings. The Kier molecular flexibility index (Phi) is 5.96. The molecule has 0 aromatic heterocycles. The van der Waals surface area contributed by atoms with E-state index in [0.717, 1.165) is 24.0 Å². The van der Waals surface area contributed by atoms with Gasteiger partial charge in [0.25, 0.3) is 11.6 Å². The topological polar surface area (TPSA) is 98.5 Å². The molecule has 3 rings (SSSR count). The van der Waals surface area contributed by atoms with Crippen molar-refractivity contribution in [2.24, 2.45) is 0 Å². The molecule has 0 spiro atoms. The Morgan fingerprint density at radius 3 is 2.38 bits per heavy atom. The number of hydrogen-bond donors (Lipinski definition) is 1. The van der Waals surface area contributed by atoms with Crippen molar-refractivity contribution in [1.82, 2.24) is 0 Å². The van der Waals surface area contributed by atoms with Gasteiger partial charge in [0.2, 0.25) is 0 Å². The number of nitro groups is 1. The molecule has 1 saturated carbocycles. The molecule has 0 atom stereocenters. The van der Waals surface area contributed by atoms with E-state index in [1.807, 2.05) is 30.3 Å². The van der Waals surface area contributed by atoms with Crippen LogP contribution in [0.5, 0.6) is 0 Å². The SMILES string of the molecule is Cc1ccc([N+](=O)[O-])c(NC(=O)COC(=O)C2(c3ccccc3)CCCC2)c1C. The largest absolute Gasteiger partial charge is 0.455 e. The molecule has 0 unspecified atom stereocenters. The number of benzene rings is 2. The first-order chi connectivity index (χ1) is 13.8. The first-order valence-electron chi connectivity index (χ1n) is 9.62. The van der Waals surface area contributed by atoms with E-state index >= 15 is 0 Å². The highest BCUT2D eigenvalue weighted by atomic mass is 16.6. The summed E-state index contributed by atoms with van der Waals surface area (Å²) in [6.45, 7) is 3.02. The van der Waals surface area contributed by atoms with E-state index < -0.39 is 28.8 Å². The minimum absolute atomic E-state index is 0.134. The van der Waals surface area contributed by atoms with Crippen LogP contribution in [0.2, 0.25) is 0 Å². The maximum atomic E-state index is 12.9. The van der Waals surface area contributed by atoms with Crippen LogP contribution in [0.1, 0.15) is 42.4 Å². The Balaban J connectivity index is 1.72. The number of rotatable bonds is 6. The molecule has 1 aliphatic carbocycles. The van der Waals surface area contributed by atoms with Crippen LogP contribution in [-0.4, -0.2) is 23.4 Å². The Bertz CT molecular complexity index is 934. The second-order valence-electron chi connectivity index (χ2n) is 7.44. The van der Waals surface area contributed by atoms with E-state index in [-0.39, 0.29) is 11.4 Å². The molecule has 1 amide bonds. The number of ether oxygens (including phenoxy) is 1. The third-order valence-corrected chi connectivity index (χ3v) is 5.68. The molecule has 152 valence electrons. The normalized spacial score (nSPS) is 15.0. The number of nitrogens with zero attached hydrogens (tertiary/aromatic N) is 1. The summed E-state index contributed by atoms with van der Waals surface area (Å²) in [5.74, 6) is -1.02. The number of nitro benzene ring substituents is 1. The fourth-order valence-electron chi connectivity index (χ4n) is 3.90. The van der Waals surface area contributed by atoms with E-state index in [2.05, 4.69) is 5.32 Å². The molecule has 0 bridgehead atoms. The number of aryl methyl sites for hydroxylation is 1. The van der Waals surface area contributed by atoms with Gasteiger partial charge in [0.05, 0.1) is 10.3 Å². The van der Waals surface area contributed by atoms with Gasteiger partial charge in [0, 0.05) is 6.07 Å². The van der Waals surface area contributed by atoms with E-state index in [1.54, 1.807) is 19.9 Å². The van der Waals surface area contributed by atoms with Crippen molar-refractivity contribution < 1.29 is 19.2 Å². The molecule has 2 aromatic carbocycles. The summed E-state index contributed by atoms with van der Waals surface area (Å²) in [6, 6.07) is 12.5. The summed E-state index contributed by atoms with van der Waals surface area (Å²) in [4.78, 5) is 36.0. The third-order valence-electron chi connectivity index (χ3n) is 5.68. The van der Waals surface area contributed by atoms with Gasteiger partial charge in [0.15, 0.2) is 6.61 Å². The average Bonchev–Trinajstić information content (AvgIpc) is 3.21. The van der Waals surface area contributed by atoms with Gasteiger partial charge in [-0.05, 0) is 43.4 Å². The fourth-order valence-corrected chi connectivity index (χ4v) is 3.90. The first-order valence-corrected chi connectivity index (χ1v) is 9.62. The van der Waals surface area contributed by atoms with Crippen LogP contribution in [0.15, 0.2) is 42.5 Å². The Labute approximate surface area is 169 Å². The molecule has 7 heteroatoms. The van der Waals surface area contributed by atoms with Gasteiger partial charge in [-0.3, -0.25) is 19.7 Å². The summed E-state index contributed by atoms with van der Waals surface area (Å²) >= 11 is 0.